The predicted octanol–water partition coefficient (Wildman–Crippen LogP) is 19.7. The zero-order valence-corrected chi connectivity index (χ0v) is 54.9. The number of carboxylic acid groups (broad SMARTS) is 1. The van der Waals surface area contributed by atoms with Gasteiger partial charge in [0.2, 0.25) is 0 Å². The summed E-state index contributed by atoms with van der Waals surface area (Å²) in [7, 11) is 0. The van der Waals surface area contributed by atoms with Crippen LogP contribution in [0, 0.1) is 0 Å². The van der Waals surface area contributed by atoms with Crippen LogP contribution in [0.5, 0.6) is 0 Å². The fourth-order valence-corrected chi connectivity index (χ4v) is 11.0. The molecule has 0 spiro atoms. The van der Waals surface area contributed by atoms with E-state index in [0.29, 0.717) is 19.3 Å². The van der Waals surface area contributed by atoms with Crippen LogP contribution in [-0.4, -0.2) is 89.2 Å². The maximum Gasteiger partial charge on any atom is 0.335 e. The highest BCUT2D eigenvalue weighted by atomic mass is 16.7. The Balaban J connectivity index is 2.62. The molecule has 12 heteroatoms. The molecule has 0 saturated carbocycles. The van der Waals surface area contributed by atoms with Crippen molar-refractivity contribution >= 4 is 23.9 Å². The normalized spacial score (nSPS) is 17.7. The van der Waals surface area contributed by atoms with E-state index in [4.69, 9.17) is 23.7 Å². The predicted molar refractivity (Wildman–Crippen MR) is 349 cm³/mol. The Hall–Kier alpha value is -3.32. The fourth-order valence-electron chi connectivity index (χ4n) is 11.0. The summed E-state index contributed by atoms with van der Waals surface area (Å²) in [6.07, 6.45) is 63.5. The van der Waals surface area contributed by atoms with E-state index in [1.807, 2.05) is 0 Å². The van der Waals surface area contributed by atoms with Crippen LogP contribution in [-0.2, 0) is 42.9 Å². The molecule has 6 atom stereocenters. The van der Waals surface area contributed by atoms with Gasteiger partial charge in [0.15, 0.2) is 24.6 Å². The smallest absolute Gasteiger partial charge is 0.335 e. The van der Waals surface area contributed by atoms with Gasteiger partial charge in [-0.05, 0) is 57.8 Å². The van der Waals surface area contributed by atoms with Crippen LogP contribution in [0.1, 0.15) is 342 Å². The van der Waals surface area contributed by atoms with Crippen molar-refractivity contribution in [3.8, 4) is 0 Å². The monoisotopic (exact) mass is 1200 g/mol. The van der Waals surface area contributed by atoms with Gasteiger partial charge in [-0.25, -0.2) is 4.79 Å². The molecule has 1 aliphatic heterocycles. The van der Waals surface area contributed by atoms with Gasteiger partial charge in [0.25, 0.3) is 0 Å². The average molecular weight is 1200 g/mol. The molecule has 0 radical (unpaired) electrons. The minimum absolute atomic E-state index is 0.0471. The first-order valence-electron chi connectivity index (χ1n) is 35.6. The molecule has 0 aromatic heterocycles. The topological polar surface area (TPSA) is 175 Å². The van der Waals surface area contributed by atoms with Gasteiger partial charge in [-0.1, -0.05) is 313 Å². The second-order valence-corrected chi connectivity index (χ2v) is 24.5. The summed E-state index contributed by atoms with van der Waals surface area (Å²) in [5.74, 6) is -3.10. The zero-order valence-electron chi connectivity index (χ0n) is 54.9. The number of ether oxygens (including phenoxy) is 5. The van der Waals surface area contributed by atoms with Gasteiger partial charge in [0.1, 0.15) is 18.8 Å². The van der Waals surface area contributed by atoms with Crippen LogP contribution in [0.3, 0.4) is 0 Å². The quantitative estimate of drug-likeness (QED) is 0.0228. The van der Waals surface area contributed by atoms with E-state index < -0.39 is 67.3 Å². The van der Waals surface area contributed by atoms with Crippen LogP contribution in [0.2, 0.25) is 0 Å². The Morgan fingerprint density at radius 1 is 0.400 bits per heavy atom. The van der Waals surface area contributed by atoms with Crippen molar-refractivity contribution in [3.05, 3.63) is 48.6 Å². The molecule has 12 nitrogen and oxygen atoms in total. The minimum atomic E-state index is -1.91. The lowest BCUT2D eigenvalue weighted by Gasteiger charge is -2.40. The highest BCUT2D eigenvalue weighted by Crippen LogP contribution is 2.27. The van der Waals surface area contributed by atoms with Gasteiger partial charge in [0, 0.05) is 19.3 Å². The van der Waals surface area contributed by atoms with Crippen molar-refractivity contribution in [1.82, 2.24) is 0 Å². The van der Waals surface area contributed by atoms with Crippen molar-refractivity contribution in [2.24, 2.45) is 0 Å². The lowest BCUT2D eigenvalue weighted by Crippen LogP contribution is -2.61. The van der Waals surface area contributed by atoms with E-state index in [0.717, 1.165) is 103 Å². The number of carboxylic acids is 1. The first-order chi connectivity index (χ1) is 41.6. The minimum Gasteiger partial charge on any atom is -0.479 e. The van der Waals surface area contributed by atoms with Crippen molar-refractivity contribution in [2.75, 3.05) is 13.2 Å². The van der Waals surface area contributed by atoms with Gasteiger partial charge in [-0.3, -0.25) is 14.4 Å². The standard InChI is InChI=1S/C73H130O12/c1-4-7-10-13-16-19-22-25-28-31-33-36-38-41-44-47-50-53-56-59-65(74)81-62-64(83-66(75)60-57-54-51-48-45-42-39-35-30-27-24-21-18-15-12-9-6-3)63-82-73-71(69(78)68(77)70(85-73)72(79)80)84-67(76)61-58-55-52-49-46-43-40-37-34-32-29-26-23-20-17-14-11-8-5-2/h8,11,17,20,26,29,34,37,64,68-71,73,77-78H,4-7,9-10,12-16,18-19,21-25,27-28,30-33,35-36,38-63H2,1-3H3,(H,79,80)/b11-8-,20-17-,29-26-,37-34-. The fraction of sp³-hybridized carbons (Fsp3) is 0.836. The molecule has 0 bridgehead atoms. The molecule has 3 N–H and O–H groups in total. The summed E-state index contributed by atoms with van der Waals surface area (Å²) < 4.78 is 28.6. The van der Waals surface area contributed by atoms with E-state index in [9.17, 15) is 34.5 Å². The Morgan fingerprint density at radius 3 is 1.13 bits per heavy atom. The Kier molecular flexibility index (Phi) is 57.1. The number of rotatable bonds is 62. The molecule has 1 rings (SSSR count). The number of aliphatic hydroxyl groups is 2. The van der Waals surface area contributed by atoms with Crippen molar-refractivity contribution in [1.29, 1.82) is 0 Å². The second-order valence-electron chi connectivity index (χ2n) is 24.5. The van der Waals surface area contributed by atoms with Gasteiger partial charge >= 0.3 is 23.9 Å². The lowest BCUT2D eigenvalue weighted by atomic mass is 9.98. The third-order valence-corrected chi connectivity index (χ3v) is 16.4. The summed E-state index contributed by atoms with van der Waals surface area (Å²) >= 11 is 0. The van der Waals surface area contributed by atoms with Crippen molar-refractivity contribution < 1.29 is 58.2 Å². The molecule has 0 aromatic rings. The third-order valence-electron chi connectivity index (χ3n) is 16.4. The average Bonchev–Trinajstić information content (AvgIpc) is 2.79. The first kappa shape index (κ1) is 79.7. The second kappa shape index (κ2) is 60.9. The van der Waals surface area contributed by atoms with Crippen LogP contribution >= 0.6 is 0 Å². The van der Waals surface area contributed by atoms with E-state index in [1.165, 1.54) is 180 Å². The van der Waals surface area contributed by atoms with Crippen LogP contribution in [0.15, 0.2) is 48.6 Å². The molecular weight excluding hydrogens is 1070 g/mol. The van der Waals surface area contributed by atoms with Crippen molar-refractivity contribution in [2.45, 2.75) is 379 Å². The Morgan fingerprint density at radius 2 is 0.741 bits per heavy atom. The Bertz CT molecular complexity index is 1660. The van der Waals surface area contributed by atoms with Crippen molar-refractivity contribution in [3.63, 3.8) is 0 Å². The SMILES string of the molecule is CC/C=C\C/C=C\C/C=C\C/C=C\CCCCCCCCC(=O)OC1C(OCC(COC(=O)CCCCCCCCCCCCCCCCCCCCC)OC(=O)CCCCCCCCCCCCCCCCCCC)OC(C(=O)O)C(O)C1O. The molecule has 494 valence electrons. The Labute approximate surface area is 520 Å². The molecule has 6 unspecified atom stereocenters. The van der Waals surface area contributed by atoms with Crippen LogP contribution in [0.25, 0.3) is 0 Å². The summed E-state index contributed by atoms with van der Waals surface area (Å²) in [6.45, 7) is 5.96. The van der Waals surface area contributed by atoms with Crippen LogP contribution < -0.4 is 0 Å². The summed E-state index contributed by atoms with van der Waals surface area (Å²) in [5, 5.41) is 31.7. The highest BCUT2D eigenvalue weighted by molar-refractivity contribution is 5.74. The summed E-state index contributed by atoms with van der Waals surface area (Å²) in [4.78, 5) is 51.5. The summed E-state index contributed by atoms with van der Waals surface area (Å²) in [6, 6.07) is 0. The maximum absolute atomic E-state index is 13.2. The number of aliphatic carboxylic acids is 1. The first-order valence-corrected chi connectivity index (χ1v) is 35.6. The third kappa shape index (κ3) is 50.3. The molecule has 85 heavy (non-hydrogen) atoms. The number of hydrogen-bond acceptors (Lipinski definition) is 11. The van der Waals surface area contributed by atoms with Gasteiger partial charge in [-0.15, -0.1) is 0 Å². The number of carbonyl (C=O) groups is 4. The molecule has 0 amide bonds. The maximum atomic E-state index is 13.2. The van der Waals surface area contributed by atoms with E-state index >= 15 is 0 Å². The number of esters is 3. The van der Waals surface area contributed by atoms with E-state index in [2.05, 4.69) is 69.4 Å². The highest BCUT2D eigenvalue weighted by Gasteiger charge is 2.50. The molecule has 1 aliphatic rings. The largest absolute Gasteiger partial charge is 0.479 e. The molecule has 1 heterocycles. The van der Waals surface area contributed by atoms with E-state index in [1.54, 1.807) is 0 Å². The molecule has 1 saturated heterocycles. The molecule has 1 fully saturated rings. The molecule has 0 aromatic carbocycles. The molecule has 0 aliphatic carbocycles. The van der Waals surface area contributed by atoms with Gasteiger partial charge in [-0.2, -0.15) is 0 Å². The number of allylic oxidation sites excluding steroid dienone is 8. The number of aliphatic hydroxyl groups excluding tert-OH is 2. The van der Waals surface area contributed by atoms with Gasteiger partial charge < -0.3 is 39.0 Å². The number of unbranched alkanes of at least 4 members (excludes halogenated alkanes) is 40. The number of hydrogen-bond donors (Lipinski definition) is 3. The zero-order chi connectivity index (χ0) is 61.7. The molecular formula is C73H130O12. The summed E-state index contributed by atoms with van der Waals surface area (Å²) in [5.41, 5.74) is 0. The number of carbonyl (C=O) groups excluding carboxylic acids is 3. The lowest BCUT2D eigenvalue weighted by molar-refractivity contribution is -0.301. The van der Waals surface area contributed by atoms with E-state index in [-0.39, 0.29) is 25.9 Å². The van der Waals surface area contributed by atoms with Gasteiger partial charge in [0.05, 0.1) is 6.61 Å². The van der Waals surface area contributed by atoms with Crippen LogP contribution in [0.4, 0.5) is 0 Å².